The highest BCUT2D eigenvalue weighted by molar-refractivity contribution is 9.10. The van der Waals surface area contributed by atoms with Gasteiger partial charge in [0.25, 0.3) is 5.91 Å². The van der Waals surface area contributed by atoms with Gasteiger partial charge in [0.1, 0.15) is 26.7 Å². The molecule has 3 aromatic rings. The molecule has 0 spiro atoms. The molecule has 35 heavy (non-hydrogen) atoms. The molecule has 0 aliphatic carbocycles. The summed E-state index contributed by atoms with van der Waals surface area (Å²) in [5, 5.41) is 8.22. The van der Waals surface area contributed by atoms with Gasteiger partial charge < -0.3 is 25.0 Å². The minimum absolute atomic E-state index is 0.153. The van der Waals surface area contributed by atoms with Gasteiger partial charge in [0.05, 0.1) is 35.7 Å². The number of nitrogens with one attached hydrogen (secondary N) is 2. The lowest BCUT2D eigenvalue weighted by Gasteiger charge is -2.17. The highest BCUT2D eigenvalue weighted by Crippen LogP contribution is 2.50. The van der Waals surface area contributed by atoms with E-state index >= 15 is 0 Å². The number of fused-ring (bicyclic) bond motifs is 1. The SMILES string of the molecule is CCN(CC)CCCCNc1ncnc2c(C(=O)Nc3c(Cl)c(OC)c(Br)c(OC)c3Cl)csc12. The van der Waals surface area contributed by atoms with Gasteiger partial charge in [0.15, 0.2) is 11.5 Å². The van der Waals surface area contributed by atoms with Gasteiger partial charge in [-0.3, -0.25) is 4.79 Å². The van der Waals surface area contributed by atoms with Crippen LogP contribution in [-0.4, -0.2) is 61.2 Å². The smallest absolute Gasteiger partial charge is 0.258 e. The molecule has 8 nitrogen and oxygen atoms in total. The summed E-state index contributed by atoms with van der Waals surface area (Å²) in [6, 6.07) is 0. The Labute approximate surface area is 227 Å². The molecule has 2 heterocycles. The monoisotopic (exact) mass is 603 g/mol. The zero-order valence-electron chi connectivity index (χ0n) is 20.0. The van der Waals surface area contributed by atoms with Crippen molar-refractivity contribution >= 4 is 78.1 Å². The maximum atomic E-state index is 13.2. The number of hydrogen-bond acceptors (Lipinski definition) is 8. The summed E-state index contributed by atoms with van der Waals surface area (Å²) in [6.07, 6.45) is 3.57. The second kappa shape index (κ2) is 12.9. The van der Waals surface area contributed by atoms with E-state index in [-0.39, 0.29) is 15.7 Å². The fourth-order valence-electron chi connectivity index (χ4n) is 3.61. The van der Waals surface area contributed by atoms with E-state index in [1.165, 1.54) is 31.9 Å². The first-order chi connectivity index (χ1) is 16.9. The zero-order chi connectivity index (χ0) is 25.5. The molecule has 0 atom stereocenters. The number of carbonyl (C=O) groups is 1. The normalized spacial score (nSPS) is 11.2. The molecule has 1 amide bonds. The summed E-state index contributed by atoms with van der Waals surface area (Å²) in [5.74, 6) is 0.904. The molecular formula is C23H28BrCl2N5O3S. The number of carbonyl (C=O) groups excluding carboxylic acids is 1. The molecule has 0 saturated carbocycles. The first kappa shape index (κ1) is 27.7. The third-order valence-corrected chi connectivity index (χ3v) is 7.99. The van der Waals surface area contributed by atoms with E-state index in [0.29, 0.717) is 32.9 Å². The molecule has 1 aromatic carbocycles. The number of ether oxygens (including phenoxy) is 2. The van der Waals surface area contributed by atoms with Crippen molar-refractivity contribution in [1.82, 2.24) is 14.9 Å². The predicted molar refractivity (Wildman–Crippen MR) is 148 cm³/mol. The van der Waals surface area contributed by atoms with Crippen molar-refractivity contribution in [2.45, 2.75) is 26.7 Å². The van der Waals surface area contributed by atoms with Crippen molar-refractivity contribution < 1.29 is 14.3 Å². The van der Waals surface area contributed by atoms with E-state index in [2.05, 4.69) is 55.3 Å². The maximum absolute atomic E-state index is 13.2. The summed E-state index contributed by atoms with van der Waals surface area (Å²) >= 11 is 17.7. The van der Waals surface area contributed by atoms with Gasteiger partial charge in [-0.25, -0.2) is 9.97 Å². The van der Waals surface area contributed by atoms with Crippen molar-refractivity contribution in [3.63, 3.8) is 0 Å². The van der Waals surface area contributed by atoms with Gasteiger partial charge in [-0.05, 0) is 48.4 Å². The Morgan fingerprint density at radius 1 is 1.11 bits per heavy atom. The van der Waals surface area contributed by atoms with E-state index in [9.17, 15) is 4.79 Å². The first-order valence-electron chi connectivity index (χ1n) is 11.2. The van der Waals surface area contributed by atoms with Crippen molar-refractivity contribution in [3.05, 3.63) is 31.8 Å². The van der Waals surface area contributed by atoms with Gasteiger partial charge in [0.2, 0.25) is 0 Å². The molecule has 0 unspecified atom stereocenters. The molecule has 0 aliphatic heterocycles. The van der Waals surface area contributed by atoms with E-state index < -0.39 is 5.91 Å². The van der Waals surface area contributed by atoms with Crippen LogP contribution < -0.4 is 20.1 Å². The standard InChI is InChI=1S/C23H28BrCl2N5O3S/c1-5-31(6-2)10-8-7-9-27-22-21-17(28-12-29-22)13(11-35-21)23(32)30-18-15(25)19(33-3)14(24)20(34-4)16(18)26/h11-12H,5-10H2,1-4H3,(H,30,32)(H,27,28,29). The molecule has 2 N–H and O–H groups in total. The van der Waals surface area contributed by atoms with E-state index in [4.69, 9.17) is 32.7 Å². The third-order valence-electron chi connectivity index (χ3n) is 5.57. The zero-order valence-corrected chi connectivity index (χ0v) is 23.9. The predicted octanol–water partition coefficient (Wildman–Crippen LogP) is 6.56. The number of aromatic nitrogens is 2. The molecule has 0 saturated heterocycles. The minimum atomic E-state index is -0.407. The summed E-state index contributed by atoms with van der Waals surface area (Å²) in [4.78, 5) is 24.3. The average molecular weight is 605 g/mol. The van der Waals surface area contributed by atoms with Crippen LogP contribution in [0.3, 0.4) is 0 Å². The molecule has 3 rings (SSSR count). The molecule has 0 bridgehead atoms. The number of hydrogen-bond donors (Lipinski definition) is 2. The van der Waals surface area contributed by atoms with Crippen molar-refractivity contribution in [2.75, 3.05) is 51.0 Å². The Hall–Kier alpha value is -1.85. The second-order valence-electron chi connectivity index (χ2n) is 7.55. The number of nitrogens with zero attached hydrogens (tertiary/aromatic N) is 3. The number of rotatable bonds is 12. The third kappa shape index (κ3) is 6.11. The molecule has 190 valence electrons. The van der Waals surface area contributed by atoms with Gasteiger partial charge >= 0.3 is 0 Å². The first-order valence-corrected chi connectivity index (χ1v) is 13.6. The minimum Gasteiger partial charge on any atom is -0.494 e. The lowest BCUT2D eigenvalue weighted by molar-refractivity contribution is 0.102. The number of methoxy groups -OCH3 is 2. The highest BCUT2D eigenvalue weighted by Gasteiger charge is 2.25. The largest absolute Gasteiger partial charge is 0.494 e. The fraction of sp³-hybridized carbons (Fsp3) is 0.435. The van der Waals surface area contributed by atoms with Gasteiger partial charge in [-0.15, -0.1) is 11.3 Å². The van der Waals surface area contributed by atoms with Crippen LogP contribution in [0.5, 0.6) is 11.5 Å². The highest BCUT2D eigenvalue weighted by atomic mass is 79.9. The maximum Gasteiger partial charge on any atom is 0.258 e. The Morgan fingerprint density at radius 2 is 1.77 bits per heavy atom. The fourth-order valence-corrected chi connectivity index (χ4v) is 6.20. The van der Waals surface area contributed by atoms with Crippen molar-refractivity contribution in [1.29, 1.82) is 0 Å². The molecule has 0 radical (unpaired) electrons. The van der Waals surface area contributed by atoms with Crippen LogP contribution >= 0.6 is 50.5 Å². The number of thiophene rings is 1. The van der Waals surface area contributed by atoms with Crippen LogP contribution in [0.4, 0.5) is 11.5 Å². The molecule has 0 aliphatic rings. The van der Waals surface area contributed by atoms with Crippen LogP contribution in [-0.2, 0) is 0 Å². The van der Waals surface area contributed by atoms with E-state index in [1.54, 1.807) is 5.38 Å². The van der Waals surface area contributed by atoms with E-state index in [0.717, 1.165) is 43.7 Å². The molecule has 0 fully saturated rings. The van der Waals surface area contributed by atoms with Crippen LogP contribution in [0, 0.1) is 0 Å². The van der Waals surface area contributed by atoms with Crippen LogP contribution in [0.1, 0.15) is 37.0 Å². The van der Waals surface area contributed by atoms with Gasteiger partial charge in [-0.1, -0.05) is 37.0 Å². The average Bonchev–Trinajstić information content (AvgIpc) is 3.30. The molecule has 12 heteroatoms. The van der Waals surface area contributed by atoms with E-state index in [1.807, 2.05) is 0 Å². The lowest BCUT2D eigenvalue weighted by atomic mass is 10.2. The number of amides is 1. The number of anilines is 2. The van der Waals surface area contributed by atoms with Gasteiger partial charge in [0, 0.05) is 11.9 Å². The summed E-state index contributed by atoms with van der Waals surface area (Å²) in [7, 11) is 2.93. The van der Waals surface area contributed by atoms with Crippen LogP contribution in [0.2, 0.25) is 10.0 Å². The summed E-state index contributed by atoms with van der Waals surface area (Å²) < 4.78 is 12.0. The number of unbranched alkanes of at least 4 members (excludes halogenated alkanes) is 1. The van der Waals surface area contributed by atoms with Crippen molar-refractivity contribution in [2.24, 2.45) is 0 Å². The molecule has 2 aromatic heterocycles. The number of benzene rings is 1. The number of halogens is 3. The Balaban J connectivity index is 1.78. The quantitative estimate of drug-likeness (QED) is 0.226. The lowest BCUT2D eigenvalue weighted by Crippen LogP contribution is -2.24. The van der Waals surface area contributed by atoms with Crippen molar-refractivity contribution in [3.8, 4) is 11.5 Å². The molecular weight excluding hydrogens is 577 g/mol. The summed E-state index contributed by atoms with van der Waals surface area (Å²) in [5.41, 5.74) is 1.14. The van der Waals surface area contributed by atoms with Gasteiger partial charge in [-0.2, -0.15) is 0 Å². The Kier molecular flexibility index (Phi) is 10.2. The Morgan fingerprint density at radius 3 is 2.37 bits per heavy atom. The van der Waals surface area contributed by atoms with Crippen LogP contribution in [0.15, 0.2) is 16.2 Å². The topological polar surface area (TPSA) is 88.6 Å². The van der Waals surface area contributed by atoms with Crippen LogP contribution in [0.25, 0.3) is 10.2 Å². The summed E-state index contributed by atoms with van der Waals surface area (Å²) in [6.45, 7) is 8.34. The Bertz CT molecular complexity index is 1160. The second-order valence-corrected chi connectivity index (χ2v) is 9.98.